The Bertz CT molecular complexity index is 561. The number of benzene rings is 1. The van der Waals surface area contributed by atoms with E-state index in [9.17, 15) is 9.59 Å². The Kier molecular flexibility index (Phi) is 8.81. The van der Waals surface area contributed by atoms with Crippen LogP contribution in [0.3, 0.4) is 0 Å². The third-order valence-electron chi connectivity index (χ3n) is 4.91. The van der Waals surface area contributed by atoms with E-state index in [0.29, 0.717) is 6.42 Å². The second-order valence-electron chi connectivity index (χ2n) is 6.75. The fourth-order valence-corrected chi connectivity index (χ4v) is 3.94. The largest absolute Gasteiger partial charge is 0.467 e. The second-order valence-corrected chi connectivity index (χ2v) is 7.74. The molecular weight excluding hydrogens is 348 g/mol. The number of carbonyl (C=O) groups is 2. The monoisotopic (exact) mass is 378 g/mol. The van der Waals surface area contributed by atoms with Crippen LogP contribution in [0.25, 0.3) is 0 Å². The number of carbonyl (C=O) groups excluding carboxylic acids is 2. The Hall–Kier alpha value is -1.69. The van der Waals surface area contributed by atoms with Crippen molar-refractivity contribution in [2.75, 3.05) is 24.4 Å². The minimum atomic E-state index is -0.594. The van der Waals surface area contributed by atoms with Gasteiger partial charge in [-0.15, -0.1) is 0 Å². The Morgan fingerprint density at radius 1 is 1.19 bits per heavy atom. The normalized spacial score (nSPS) is 17.2. The van der Waals surface area contributed by atoms with Gasteiger partial charge in [-0.1, -0.05) is 37.5 Å². The van der Waals surface area contributed by atoms with Gasteiger partial charge in [0, 0.05) is 5.69 Å². The number of thioether (sulfide) groups is 1. The first kappa shape index (κ1) is 20.6. The van der Waals surface area contributed by atoms with Gasteiger partial charge in [-0.05, 0) is 49.3 Å². The van der Waals surface area contributed by atoms with E-state index >= 15 is 0 Å². The summed E-state index contributed by atoms with van der Waals surface area (Å²) >= 11 is 1.65. The van der Waals surface area contributed by atoms with Crippen LogP contribution in [0.5, 0.6) is 0 Å². The lowest BCUT2D eigenvalue weighted by Crippen LogP contribution is -2.51. The fourth-order valence-electron chi connectivity index (χ4n) is 3.47. The molecule has 0 aliphatic heterocycles. The van der Waals surface area contributed by atoms with Gasteiger partial charge in [0.2, 0.25) is 5.91 Å². The molecule has 2 N–H and O–H groups in total. The summed E-state index contributed by atoms with van der Waals surface area (Å²) in [6, 6.07) is 8.87. The lowest BCUT2D eigenvalue weighted by molar-refractivity contribution is -0.145. The highest BCUT2D eigenvalue weighted by atomic mass is 32.2. The van der Waals surface area contributed by atoms with Gasteiger partial charge in [-0.3, -0.25) is 4.79 Å². The smallest absolute Gasteiger partial charge is 0.328 e. The highest BCUT2D eigenvalue weighted by Gasteiger charge is 2.32. The van der Waals surface area contributed by atoms with Crippen LogP contribution in [0.15, 0.2) is 30.3 Å². The summed E-state index contributed by atoms with van der Waals surface area (Å²) in [5.41, 5.74) is 0.928. The van der Waals surface area contributed by atoms with Gasteiger partial charge in [0.15, 0.2) is 0 Å². The number of nitrogens with one attached hydrogen (secondary N) is 2. The molecule has 2 rings (SSSR count). The van der Waals surface area contributed by atoms with E-state index in [1.54, 1.807) is 11.8 Å². The maximum Gasteiger partial charge on any atom is 0.328 e. The van der Waals surface area contributed by atoms with Crippen molar-refractivity contribution in [3.05, 3.63) is 30.3 Å². The van der Waals surface area contributed by atoms with Crippen molar-refractivity contribution in [3.8, 4) is 0 Å². The summed E-state index contributed by atoms with van der Waals surface area (Å²) in [5, 5.41) is 6.33. The predicted octanol–water partition coefficient (Wildman–Crippen LogP) is 3.46. The fraction of sp³-hybridized carbons (Fsp3) is 0.600. The van der Waals surface area contributed by atoms with Crippen LogP contribution in [0.2, 0.25) is 0 Å². The van der Waals surface area contributed by atoms with Crippen LogP contribution < -0.4 is 10.6 Å². The average Bonchev–Trinajstić information content (AvgIpc) is 2.70. The summed E-state index contributed by atoms with van der Waals surface area (Å²) in [5.74, 6) is 0.579. The molecule has 5 nitrogen and oxygen atoms in total. The molecule has 1 fully saturated rings. The topological polar surface area (TPSA) is 67.4 Å². The zero-order valence-electron chi connectivity index (χ0n) is 15.7. The third-order valence-corrected chi connectivity index (χ3v) is 5.56. The molecule has 0 radical (unpaired) electrons. The number of rotatable bonds is 9. The number of esters is 1. The zero-order chi connectivity index (χ0) is 18.8. The molecule has 0 heterocycles. The van der Waals surface area contributed by atoms with Gasteiger partial charge in [-0.2, -0.15) is 11.8 Å². The molecule has 1 amide bonds. The van der Waals surface area contributed by atoms with E-state index in [1.165, 1.54) is 13.5 Å². The molecule has 1 unspecified atom stereocenters. The highest BCUT2D eigenvalue weighted by Crippen LogP contribution is 2.28. The number of para-hydroxylation sites is 1. The highest BCUT2D eigenvalue weighted by molar-refractivity contribution is 7.98. The van der Waals surface area contributed by atoms with Crippen molar-refractivity contribution in [2.24, 2.45) is 5.92 Å². The van der Waals surface area contributed by atoms with E-state index in [0.717, 1.165) is 37.1 Å². The molecule has 0 saturated heterocycles. The van der Waals surface area contributed by atoms with Crippen molar-refractivity contribution in [3.63, 3.8) is 0 Å². The first-order valence-electron chi connectivity index (χ1n) is 9.34. The van der Waals surface area contributed by atoms with E-state index in [1.807, 2.05) is 36.6 Å². The van der Waals surface area contributed by atoms with Crippen LogP contribution in [-0.2, 0) is 14.3 Å². The summed E-state index contributed by atoms with van der Waals surface area (Å²) in [6.07, 6.45) is 8.15. The maximum absolute atomic E-state index is 13.1. The molecule has 1 saturated carbocycles. The number of ether oxygens (including phenoxy) is 1. The SMILES string of the molecule is COC(=O)[C@@H](CCSC)NC(=O)C(Nc1ccccc1)C1CCCCC1. The molecule has 1 aromatic rings. The van der Waals surface area contributed by atoms with E-state index in [4.69, 9.17) is 4.74 Å². The average molecular weight is 379 g/mol. The summed E-state index contributed by atoms with van der Waals surface area (Å²) in [6.45, 7) is 0. The molecule has 1 aliphatic rings. The van der Waals surface area contributed by atoms with Gasteiger partial charge in [0.05, 0.1) is 7.11 Å². The van der Waals surface area contributed by atoms with E-state index in [-0.39, 0.29) is 23.8 Å². The van der Waals surface area contributed by atoms with Gasteiger partial charge in [-0.25, -0.2) is 4.79 Å². The minimum Gasteiger partial charge on any atom is -0.467 e. The molecule has 1 aromatic carbocycles. The van der Waals surface area contributed by atoms with Crippen LogP contribution in [0.4, 0.5) is 5.69 Å². The van der Waals surface area contributed by atoms with Gasteiger partial charge >= 0.3 is 5.97 Å². The Balaban J connectivity index is 2.11. The molecule has 0 aromatic heterocycles. The quantitative estimate of drug-likeness (QED) is 0.644. The Morgan fingerprint density at radius 2 is 1.88 bits per heavy atom. The number of amides is 1. The Morgan fingerprint density at radius 3 is 2.50 bits per heavy atom. The molecule has 0 bridgehead atoms. The van der Waals surface area contributed by atoms with Gasteiger partial charge in [0.25, 0.3) is 0 Å². The molecule has 2 atom stereocenters. The lowest BCUT2D eigenvalue weighted by atomic mass is 9.83. The summed E-state index contributed by atoms with van der Waals surface area (Å²) < 4.78 is 4.87. The zero-order valence-corrected chi connectivity index (χ0v) is 16.5. The summed E-state index contributed by atoms with van der Waals surface area (Å²) in [4.78, 5) is 25.1. The number of anilines is 1. The standard InChI is InChI=1S/C20H30N2O3S/c1-25-20(24)17(13-14-26-2)22-19(23)18(15-9-5-3-6-10-15)21-16-11-7-4-8-12-16/h4,7-8,11-12,15,17-18,21H,3,5-6,9-10,13-14H2,1-2H3,(H,22,23)/t17-,18?/m1/s1. The van der Waals surface area contributed by atoms with Crippen molar-refractivity contribution >= 4 is 29.3 Å². The predicted molar refractivity (Wildman–Crippen MR) is 107 cm³/mol. The van der Waals surface area contributed by atoms with Crippen LogP contribution >= 0.6 is 11.8 Å². The van der Waals surface area contributed by atoms with Crippen molar-refractivity contribution in [1.29, 1.82) is 0 Å². The molecule has 6 heteroatoms. The van der Waals surface area contributed by atoms with Crippen molar-refractivity contribution in [2.45, 2.75) is 50.6 Å². The first-order chi connectivity index (χ1) is 12.7. The lowest BCUT2D eigenvalue weighted by Gasteiger charge is -2.31. The molecular formula is C20H30N2O3S. The first-order valence-corrected chi connectivity index (χ1v) is 10.7. The van der Waals surface area contributed by atoms with Crippen LogP contribution in [0.1, 0.15) is 38.5 Å². The maximum atomic E-state index is 13.1. The number of hydrogen-bond donors (Lipinski definition) is 2. The summed E-state index contributed by atoms with van der Waals surface area (Å²) in [7, 11) is 1.36. The third kappa shape index (κ3) is 6.24. The van der Waals surface area contributed by atoms with Crippen molar-refractivity contribution in [1.82, 2.24) is 5.32 Å². The second kappa shape index (κ2) is 11.1. The molecule has 1 aliphatic carbocycles. The van der Waals surface area contributed by atoms with Crippen LogP contribution in [-0.4, -0.2) is 43.1 Å². The van der Waals surface area contributed by atoms with Gasteiger partial charge in [0.1, 0.15) is 12.1 Å². The van der Waals surface area contributed by atoms with E-state index in [2.05, 4.69) is 10.6 Å². The van der Waals surface area contributed by atoms with E-state index < -0.39 is 6.04 Å². The Labute approximate surface area is 160 Å². The molecule has 26 heavy (non-hydrogen) atoms. The van der Waals surface area contributed by atoms with Crippen LogP contribution in [0, 0.1) is 5.92 Å². The minimum absolute atomic E-state index is 0.114. The number of hydrogen-bond acceptors (Lipinski definition) is 5. The number of methoxy groups -OCH3 is 1. The molecule has 144 valence electrons. The van der Waals surface area contributed by atoms with Crippen molar-refractivity contribution < 1.29 is 14.3 Å². The van der Waals surface area contributed by atoms with Gasteiger partial charge < -0.3 is 15.4 Å². The molecule has 0 spiro atoms.